The van der Waals surface area contributed by atoms with Crippen molar-refractivity contribution >= 4 is 11.8 Å². The van der Waals surface area contributed by atoms with E-state index in [0.29, 0.717) is 12.1 Å². The molecular weight excluding hydrogens is 218 g/mol. The molecule has 2 nitrogen and oxygen atoms in total. The van der Waals surface area contributed by atoms with E-state index in [1.54, 1.807) is 0 Å². The van der Waals surface area contributed by atoms with Crippen molar-refractivity contribution in [2.24, 2.45) is 0 Å². The molecule has 3 atom stereocenters. The van der Waals surface area contributed by atoms with Gasteiger partial charge < -0.3 is 10.1 Å². The van der Waals surface area contributed by atoms with Crippen LogP contribution < -0.4 is 5.32 Å². The molecule has 0 spiro atoms. The van der Waals surface area contributed by atoms with E-state index in [-0.39, 0.29) is 0 Å². The standard InChI is InChI=1S/C13H25NOS/c1-2-4-13-9-11(6-7-15-13)14-12-5-3-8-16-10-12/h11-14H,2-10H2,1H3. The molecule has 94 valence electrons. The Morgan fingerprint density at radius 2 is 2.25 bits per heavy atom. The third kappa shape index (κ3) is 3.94. The van der Waals surface area contributed by atoms with E-state index in [2.05, 4.69) is 24.0 Å². The summed E-state index contributed by atoms with van der Waals surface area (Å²) in [6.45, 7) is 3.21. The van der Waals surface area contributed by atoms with Gasteiger partial charge in [-0.1, -0.05) is 13.3 Å². The fourth-order valence-corrected chi connectivity index (χ4v) is 3.85. The fourth-order valence-electron chi connectivity index (χ4n) is 2.76. The molecule has 2 heterocycles. The molecule has 1 N–H and O–H groups in total. The molecule has 16 heavy (non-hydrogen) atoms. The highest BCUT2D eigenvalue weighted by atomic mass is 32.2. The van der Waals surface area contributed by atoms with E-state index in [0.717, 1.165) is 12.6 Å². The summed E-state index contributed by atoms with van der Waals surface area (Å²) in [5.41, 5.74) is 0. The lowest BCUT2D eigenvalue weighted by Gasteiger charge is -2.34. The first kappa shape index (κ1) is 12.7. The van der Waals surface area contributed by atoms with Crippen molar-refractivity contribution in [1.82, 2.24) is 5.32 Å². The highest BCUT2D eigenvalue weighted by molar-refractivity contribution is 7.99. The Bertz CT molecular complexity index is 192. The van der Waals surface area contributed by atoms with Gasteiger partial charge in [0.25, 0.3) is 0 Å². The number of hydrogen-bond acceptors (Lipinski definition) is 3. The zero-order valence-electron chi connectivity index (χ0n) is 10.4. The van der Waals surface area contributed by atoms with Crippen molar-refractivity contribution in [2.45, 2.75) is 63.6 Å². The van der Waals surface area contributed by atoms with Crippen LogP contribution in [-0.2, 0) is 4.74 Å². The Labute approximate surface area is 104 Å². The van der Waals surface area contributed by atoms with Crippen LogP contribution in [0.4, 0.5) is 0 Å². The van der Waals surface area contributed by atoms with Crippen LogP contribution in [0.2, 0.25) is 0 Å². The van der Waals surface area contributed by atoms with Crippen LogP contribution in [0.15, 0.2) is 0 Å². The maximum absolute atomic E-state index is 5.79. The maximum Gasteiger partial charge on any atom is 0.0589 e. The van der Waals surface area contributed by atoms with E-state index < -0.39 is 0 Å². The first-order valence-corrected chi connectivity index (χ1v) is 7.99. The van der Waals surface area contributed by atoms with Gasteiger partial charge in [0.2, 0.25) is 0 Å². The predicted molar refractivity (Wildman–Crippen MR) is 71.2 cm³/mol. The molecule has 2 aliphatic heterocycles. The Hall–Kier alpha value is 0.270. The molecule has 2 aliphatic rings. The molecule has 2 rings (SSSR count). The molecule has 0 aromatic heterocycles. The van der Waals surface area contributed by atoms with Gasteiger partial charge >= 0.3 is 0 Å². The Kier molecular flexibility index (Phi) is 5.46. The number of nitrogens with one attached hydrogen (secondary N) is 1. The summed E-state index contributed by atoms with van der Waals surface area (Å²) >= 11 is 2.11. The van der Waals surface area contributed by atoms with Gasteiger partial charge in [-0.2, -0.15) is 11.8 Å². The second-order valence-electron chi connectivity index (χ2n) is 5.08. The molecule has 2 fully saturated rings. The summed E-state index contributed by atoms with van der Waals surface area (Å²) in [6.07, 6.45) is 8.21. The van der Waals surface area contributed by atoms with Crippen LogP contribution in [0.5, 0.6) is 0 Å². The van der Waals surface area contributed by atoms with E-state index in [4.69, 9.17) is 4.74 Å². The van der Waals surface area contributed by atoms with Crippen LogP contribution in [0.25, 0.3) is 0 Å². The topological polar surface area (TPSA) is 21.3 Å². The van der Waals surface area contributed by atoms with Gasteiger partial charge in [-0.3, -0.25) is 0 Å². The van der Waals surface area contributed by atoms with Crippen molar-refractivity contribution in [1.29, 1.82) is 0 Å². The van der Waals surface area contributed by atoms with Gasteiger partial charge in [-0.25, -0.2) is 0 Å². The lowest BCUT2D eigenvalue weighted by atomic mass is 9.99. The number of hydrogen-bond donors (Lipinski definition) is 1. The normalized spacial score (nSPS) is 36.2. The van der Waals surface area contributed by atoms with E-state index in [1.165, 1.54) is 50.0 Å². The summed E-state index contributed by atoms with van der Waals surface area (Å²) in [6, 6.07) is 1.48. The molecule has 0 saturated carbocycles. The van der Waals surface area contributed by atoms with Crippen LogP contribution in [0.1, 0.15) is 45.4 Å². The van der Waals surface area contributed by atoms with Gasteiger partial charge in [-0.05, 0) is 37.9 Å². The van der Waals surface area contributed by atoms with Crippen molar-refractivity contribution in [3.63, 3.8) is 0 Å². The fraction of sp³-hybridized carbons (Fsp3) is 1.00. The minimum Gasteiger partial charge on any atom is -0.378 e. The zero-order valence-corrected chi connectivity index (χ0v) is 11.2. The maximum atomic E-state index is 5.79. The largest absolute Gasteiger partial charge is 0.378 e. The van der Waals surface area contributed by atoms with Crippen molar-refractivity contribution < 1.29 is 4.74 Å². The lowest BCUT2D eigenvalue weighted by Crippen LogP contribution is -2.45. The first-order valence-electron chi connectivity index (χ1n) is 6.84. The lowest BCUT2D eigenvalue weighted by molar-refractivity contribution is -0.00477. The Morgan fingerprint density at radius 1 is 1.31 bits per heavy atom. The van der Waals surface area contributed by atoms with Gasteiger partial charge in [0.05, 0.1) is 6.10 Å². The smallest absolute Gasteiger partial charge is 0.0589 e. The van der Waals surface area contributed by atoms with Gasteiger partial charge in [0.15, 0.2) is 0 Å². The Morgan fingerprint density at radius 3 is 3.00 bits per heavy atom. The third-order valence-corrected chi connectivity index (χ3v) is 4.83. The minimum absolute atomic E-state index is 0.521. The highest BCUT2D eigenvalue weighted by Crippen LogP contribution is 2.22. The quantitative estimate of drug-likeness (QED) is 0.820. The zero-order chi connectivity index (χ0) is 11.2. The summed E-state index contributed by atoms with van der Waals surface area (Å²) in [4.78, 5) is 0. The van der Waals surface area contributed by atoms with Crippen molar-refractivity contribution in [3.05, 3.63) is 0 Å². The van der Waals surface area contributed by atoms with E-state index >= 15 is 0 Å². The van der Waals surface area contributed by atoms with Crippen LogP contribution in [0.3, 0.4) is 0 Å². The van der Waals surface area contributed by atoms with Crippen LogP contribution in [0, 0.1) is 0 Å². The molecular formula is C13H25NOS. The minimum atomic E-state index is 0.521. The van der Waals surface area contributed by atoms with Crippen LogP contribution in [-0.4, -0.2) is 36.3 Å². The molecule has 3 heteroatoms. The predicted octanol–water partition coefficient (Wildman–Crippen LogP) is 2.82. The molecule has 0 amide bonds. The Balaban J connectivity index is 1.71. The molecule has 0 bridgehead atoms. The summed E-state index contributed by atoms with van der Waals surface area (Å²) in [5.74, 6) is 2.68. The second-order valence-corrected chi connectivity index (χ2v) is 6.23. The second kappa shape index (κ2) is 6.87. The molecule has 0 radical (unpaired) electrons. The van der Waals surface area contributed by atoms with Gasteiger partial charge in [0.1, 0.15) is 0 Å². The van der Waals surface area contributed by atoms with Crippen LogP contribution >= 0.6 is 11.8 Å². The molecule has 2 saturated heterocycles. The molecule has 0 aliphatic carbocycles. The molecule has 3 unspecified atom stereocenters. The summed E-state index contributed by atoms with van der Waals surface area (Å²) in [7, 11) is 0. The number of ether oxygens (including phenoxy) is 1. The average molecular weight is 243 g/mol. The SMILES string of the molecule is CCCC1CC(NC2CCCSC2)CCO1. The summed E-state index contributed by atoms with van der Waals surface area (Å²) < 4.78 is 5.79. The van der Waals surface area contributed by atoms with Crippen molar-refractivity contribution in [3.8, 4) is 0 Å². The van der Waals surface area contributed by atoms with E-state index in [9.17, 15) is 0 Å². The molecule has 0 aromatic rings. The number of thioether (sulfide) groups is 1. The van der Waals surface area contributed by atoms with E-state index in [1.807, 2.05) is 0 Å². The number of rotatable bonds is 4. The monoisotopic (exact) mass is 243 g/mol. The highest BCUT2D eigenvalue weighted by Gasteiger charge is 2.24. The van der Waals surface area contributed by atoms with Gasteiger partial charge in [0, 0.05) is 24.4 Å². The first-order chi connectivity index (χ1) is 7.88. The summed E-state index contributed by atoms with van der Waals surface area (Å²) in [5, 5.41) is 3.85. The average Bonchev–Trinajstić information content (AvgIpc) is 2.31. The van der Waals surface area contributed by atoms with Gasteiger partial charge in [-0.15, -0.1) is 0 Å². The molecule has 0 aromatic carbocycles. The third-order valence-electron chi connectivity index (χ3n) is 3.61. The van der Waals surface area contributed by atoms with Crippen molar-refractivity contribution in [2.75, 3.05) is 18.1 Å².